The second-order valence-electron chi connectivity index (χ2n) is 9.33. The number of fused-ring (bicyclic) bond motifs is 2. The first-order valence-electron chi connectivity index (χ1n) is 10.8. The van der Waals surface area contributed by atoms with Gasteiger partial charge in [0.15, 0.2) is 5.60 Å². The highest BCUT2D eigenvalue weighted by atomic mass is 16.6. The zero-order valence-electron chi connectivity index (χ0n) is 16.8. The Hall–Kier alpha value is -2.73. The van der Waals surface area contributed by atoms with Crippen LogP contribution in [0.2, 0.25) is 0 Å². The molecule has 1 aromatic carbocycles. The Balaban J connectivity index is 1.24. The maximum absolute atomic E-state index is 13.5. The predicted octanol–water partition coefficient (Wildman–Crippen LogP) is 2.78. The summed E-state index contributed by atoms with van der Waals surface area (Å²) in [5.74, 6) is -0.230. The van der Waals surface area contributed by atoms with Crippen LogP contribution in [0.1, 0.15) is 65.6 Å². The van der Waals surface area contributed by atoms with Crippen molar-refractivity contribution in [3.63, 3.8) is 0 Å². The lowest BCUT2D eigenvalue weighted by Gasteiger charge is -2.37. The Kier molecular flexibility index (Phi) is 3.56. The highest BCUT2D eigenvalue weighted by molar-refractivity contribution is 5.95. The second kappa shape index (κ2) is 5.91. The van der Waals surface area contributed by atoms with Crippen LogP contribution in [0.15, 0.2) is 42.7 Å². The fourth-order valence-electron chi connectivity index (χ4n) is 5.45. The van der Waals surface area contributed by atoms with Crippen LogP contribution in [0.5, 0.6) is 0 Å². The van der Waals surface area contributed by atoms with Gasteiger partial charge >= 0.3 is 5.97 Å². The predicted molar refractivity (Wildman–Crippen MR) is 108 cm³/mol. The van der Waals surface area contributed by atoms with Gasteiger partial charge in [0, 0.05) is 30.9 Å². The molecule has 4 aliphatic rings. The molecule has 2 aromatic rings. The van der Waals surface area contributed by atoms with E-state index in [4.69, 9.17) is 4.74 Å². The third-order valence-corrected chi connectivity index (χ3v) is 7.65. The third kappa shape index (κ3) is 2.37. The van der Waals surface area contributed by atoms with Crippen molar-refractivity contribution in [3.8, 4) is 0 Å². The minimum Gasteiger partial charge on any atom is -0.449 e. The van der Waals surface area contributed by atoms with Crippen molar-refractivity contribution in [3.05, 3.63) is 65.0 Å². The van der Waals surface area contributed by atoms with Gasteiger partial charge in [-0.15, -0.1) is 0 Å². The summed E-state index contributed by atoms with van der Waals surface area (Å²) in [6.07, 6.45) is 8.18. The van der Waals surface area contributed by atoms with Crippen molar-refractivity contribution in [1.29, 1.82) is 0 Å². The molecule has 2 saturated carbocycles. The second-order valence-corrected chi connectivity index (χ2v) is 9.33. The highest BCUT2D eigenvalue weighted by Gasteiger charge is 2.57. The van der Waals surface area contributed by atoms with E-state index in [1.165, 1.54) is 0 Å². The number of pyridine rings is 1. The topological polar surface area (TPSA) is 79.7 Å². The molecule has 1 saturated heterocycles. The lowest BCUT2D eigenvalue weighted by atomic mass is 9.75. The summed E-state index contributed by atoms with van der Waals surface area (Å²) in [5.41, 5.74) is 1.43. The number of hydrogen-bond donors (Lipinski definition) is 1. The van der Waals surface area contributed by atoms with Gasteiger partial charge in [-0.3, -0.25) is 9.78 Å². The van der Waals surface area contributed by atoms with Crippen molar-refractivity contribution in [2.24, 2.45) is 0 Å². The van der Waals surface area contributed by atoms with Crippen LogP contribution in [0.3, 0.4) is 0 Å². The average molecular weight is 404 g/mol. The van der Waals surface area contributed by atoms with E-state index in [0.29, 0.717) is 25.1 Å². The minimum atomic E-state index is -0.738. The normalized spacial score (nSPS) is 27.5. The minimum absolute atomic E-state index is 0.119. The van der Waals surface area contributed by atoms with E-state index in [2.05, 4.69) is 4.98 Å². The summed E-state index contributed by atoms with van der Waals surface area (Å²) < 4.78 is 5.77. The van der Waals surface area contributed by atoms with Gasteiger partial charge in [0.2, 0.25) is 5.91 Å². The quantitative estimate of drug-likeness (QED) is 0.796. The Bertz CT molecular complexity index is 1060. The van der Waals surface area contributed by atoms with Gasteiger partial charge in [0.1, 0.15) is 0 Å². The Morgan fingerprint density at radius 2 is 1.77 bits per heavy atom. The molecule has 2 aliphatic heterocycles. The largest absolute Gasteiger partial charge is 0.449 e. The number of nitrogens with zero attached hydrogens (tertiary/aromatic N) is 2. The zero-order valence-corrected chi connectivity index (χ0v) is 16.8. The first-order chi connectivity index (χ1) is 14.5. The van der Waals surface area contributed by atoms with Gasteiger partial charge in [-0.25, -0.2) is 4.79 Å². The number of aromatic nitrogens is 1. The molecule has 6 nitrogen and oxygen atoms in total. The molecule has 1 atom stereocenters. The monoisotopic (exact) mass is 404 g/mol. The Morgan fingerprint density at radius 1 is 1.03 bits per heavy atom. The van der Waals surface area contributed by atoms with E-state index >= 15 is 0 Å². The van der Waals surface area contributed by atoms with Crippen molar-refractivity contribution < 1.29 is 19.4 Å². The van der Waals surface area contributed by atoms with Crippen molar-refractivity contribution >= 4 is 11.9 Å². The molecule has 6 heteroatoms. The molecule has 0 bridgehead atoms. The number of benzene rings is 1. The van der Waals surface area contributed by atoms with Crippen LogP contribution in [0, 0.1) is 0 Å². The summed E-state index contributed by atoms with van der Waals surface area (Å²) >= 11 is 0. The number of aliphatic hydroxyl groups is 1. The Morgan fingerprint density at radius 3 is 2.43 bits per heavy atom. The summed E-state index contributed by atoms with van der Waals surface area (Å²) in [6.45, 7) is 0.974. The molecule has 1 aromatic heterocycles. The van der Waals surface area contributed by atoms with Gasteiger partial charge in [-0.2, -0.15) is 0 Å². The summed E-state index contributed by atoms with van der Waals surface area (Å²) in [5, 5.41) is 10.6. The maximum atomic E-state index is 13.5. The molecule has 0 radical (unpaired) electrons. The molecule has 154 valence electrons. The van der Waals surface area contributed by atoms with E-state index in [0.717, 1.165) is 48.8 Å². The average Bonchev–Trinajstić information content (AvgIpc) is 3.38. The van der Waals surface area contributed by atoms with Gasteiger partial charge < -0.3 is 14.7 Å². The summed E-state index contributed by atoms with van der Waals surface area (Å²) in [4.78, 5) is 31.7. The lowest BCUT2D eigenvalue weighted by Crippen LogP contribution is -2.40. The molecule has 1 amide bonds. The summed E-state index contributed by atoms with van der Waals surface area (Å²) in [6, 6.07) is 9.83. The van der Waals surface area contributed by atoms with Crippen molar-refractivity contribution in [1.82, 2.24) is 9.88 Å². The number of ether oxygens (including phenoxy) is 1. The van der Waals surface area contributed by atoms with Crippen LogP contribution < -0.4 is 0 Å². The molecule has 3 heterocycles. The van der Waals surface area contributed by atoms with E-state index in [1.54, 1.807) is 12.4 Å². The highest BCUT2D eigenvalue weighted by Crippen LogP contribution is 2.52. The van der Waals surface area contributed by atoms with Gasteiger partial charge in [-0.05, 0) is 49.3 Å². The van der Waals surface area contributed by atoms with Crippen LogP contribution in [0.25, 0.3) is 0 Å². The van der Waals surface area contributed by atoms with Crippen LogP contribution in [-0.4, -0.2) is 40.0 Å². The molecular weight excluding hydrogens is 380 g/mol. The summed E-state index contributed by atoms with van der Waals surface area (Å²) in [7, 11) is 0. The van der Waals surface area contributed by atoms with E-state index < -0.39 is 16.6 Å². The molecule has 0 unspecified atom stereocenters. The number of likely N-dealkylation sites (tertiary alicyclic amines) is 1. The zero-order chi connectivity index (χ0) is 20.6. The number of esters is 1. The fourth-order valence-corrected chi connectivity index (χ4v) is 5.45. The Labute approximate surface area is 174 Å². The molecule has 1 spiro atoms. The molecule has 2 aliphatic carbocycles. The van der Waals surface area contributed by atoms with Crippen LogP contribution in [-0.2, 0) is 26.1 Å². The molecule has 1 N–H and O–H groups in total. The van der Waals surface area contributed by atoms with E-state index in [1.807, 2.05) is 35.2 Å². The molecule has 3 fully saturated rings. The van der Waals surface area contributed by atoms with Crippen LogP contribution in [0.4, 0.5) is 0 Å². The first kappa shape index (κ1) is 18.1. The number of hydrogen-bond acceptors (Lipinski definition) is 5. The molecule has 6 rings (SSSR count). The van der Waals surface area contributed by atoms with Crippen molar-refractivity contribution in [2.75, 3.05) is 13.1 Å². The molecular formula is C24H24N2O4. The number of carbonyl (C=O) groups excluding carboxylic acids is 2. The first-order valence-corrected chi connectivity index (χ1v) is 10.8. The van der Waals surface area contributed by atoms with Gasteiger partial charge in [0.05, 0.1) is 23.1 Å². The maximum Gasteiger partial charge on any atom is 0.341 e. The van der Waals surface area contributed by atoms with E-state index in [9.17, 15) is 14.7 Å². The number of carbonyl (C=O) groups is 2. The van der Waals surface area contributed by atoms with Crippen LogP contribution >= 0.6 is 0 Å². The fraction of sp³-hybridized carbons (Fsp3) is 0.458. The smallest absolute Gasteiger partial charge is 0.341 e. The van der Waals surface area contributed by atoms with E-state index in [-0.39, 0.29) is 11.9 Å². The third-order valence-electron chi connectivity index (χ3n) is 7.65. The number of amides is 1. The SMILES string of the molecule is O=C1O[C@]2(CCN(C(=O)C3(c4ccc(C5(O)CCC5)cc4)CC3)C2)c2ccncc21. The number of rotatable bonds is 3. The molecule has 30 heavy (non-hydrogen) atoms. The standard InChI is InChI=1S/C24H24N2O4/c27-20-18-14-25-12-6-19(18)24(30-20)11-13-26(15-24)21(28)22(9-10-22)16-2-4-17(5-3-16)23(29)7-1-8-23/h2-6,12,14,29H,1,7-11,13,15H2/t24-/m0/s1. The lowest BCUT2D eigenvalue weighted by molar-refractivity contribution is -0.134. The van der Waals surface area contributed by atoms with Gasteiger partial charge in [0.25, 0.3) is 0 Å². The van der Waals surface area contributed by atoms with Gasteiger partial charge in [-0.1, -0.05) is 24.3 Å². The van der Waals surface area contributed by atoms with Crippen molar-refractivity contribution in [2.45, 2.75) is 55.1 Å².